The second-order valence-corrected chi connectivity index (χ2v) is 5.80. The van der Waals surface area contributed by atoms with Gasteiger partial charge in [-0.1, -0.05) is 11.6 Å². The Balaban J connectivity index is 1.62. The van der Waals surface area contributed by atoms with E-state index in [4.69, 9.17) is 11.6 Å². The summed E-state index contributed by atoms with van der Waals surface area (Å²) in [5, 5.41) is 3.37. The van der Waals surface area contributed by atoms with Gasteiger partial charge in [0.25, 0.3) is 5.91 Å². The quantitative estimate of drug-likeness (QED) is 0.853. The minimum absolute atomic E-state index is 0.283. The van der Waals surface area contributed by atoms with Gasteiger partial charge in [-0.05, 0) is 24.3 Å². The highest BCUT2D eigenvalue weighted by Gasteiger charge is 2.18. The molecule has 0 saturated carbocycles. The Labute approximate surface area is 144 Å². The summed E-state index contributed by atoms with van der Waals surface area (Å²) >= 11 is 5.82. The lowest BCUT2D eigenvalue weighted by molar-refractivity contribution is -0.118. The van der Waals surface area contributed by atoms with Crippen LogP contribution in [0, 0.1) is 0 Å². The van der Waals surface area contributed by atoms with Crippen molar-refractivity contribution in [2.75, 3.05) is 36.4 Å². The van der Waals surface area contributed by atoms with Crippen molar-refractivity contribution in [2.45, 2.75) is 0 Å². The normalized spacial score (nSPS) is 14.4. The van der Waals surface area contributed by atoms with Gasteiger partial charge in [-0.2, -0.15) is 0 Å². The average Bonchev–Trinajstić information content (AvgIpc) is 2.64. The number of rotatable bonds is 4. The van der Waals surface area contributed by atoms with Gasteiger partial charge in [0.1, 0.15) is 0 Å². The molecule has 0 bridgehead atoms. The first-order chi connectivity index (χ1) is 11.7. The predicted octanol–water partition coefficient (Wildman–Crippen LogP) is 1.66. The number of piperazine rings is 1. The van der Waals surface area contributed by atoms with Crippen molar-refractivity contribution < 1.29 is 9.59 Å². The Morgan fingerprint density at radius 2 is 1.71 bits per heavy atom. The van der Waals surface area contributed by atoms with Gasteiger partial charge in [0.05, 0.1) is 5.56 Å². The highest BCUT2D eigenvalue weighted by atomic mass is 35.5. The topological polar surface area (TPSA) is 78.4 Å². The van der Waals surface area contributed by atoms with Gasteiger partial charge >= 0.3 is 0 Å². The third-order valence-corrected chi connectivity index (χ3v) is 4.00. The molecule has 1 N–H and O–H groups in total. The Morgan fingerprint density at radius 1 is 1.08 bits per heavy atom. The minimum atomic E-state index is -0.283. The predicted molar refractivity (Wildman–Crippen MR) is 91.3 cm³/mol. The molecule has 1 aliphatic rings. The van der Waals surface area contributed by atoms with Crippen molar-refractivity contribution in [2.24, 2.45) is 0 Å². The molecule has 124 valence electrons. The Morgan fingerprint density at radius 3 is 2.29 bits per heavy atom. The van der Waals surface area contributed by atoms with Crippen LogP contribution in [0.4, 0.5) is 11.6 Å². The molecule has 0 unspecified atom stereocenters. The highest BCUT2D eigenvalue weighted by Crippen LogP contribution is 2.15. The molecule has 0 spiro atoms. The van der Waals surface area contributed by atoms with Crippen molar-refractivity contribution in [3.63, 3.8) is 0 Å². The monoisotopic (exact) mass is 345 g/mol. The molecule has 1 aromatic carbocycles. The van der Waals surface area contributed by atoms with Gasteiger partial charge < -0.3 is 15.1 Å². The molecule has 1 saturated heterocycles. The Bertz CT molecular complexity index is 712. The maximum Gasteiger partial charge on any atom is 0.258 e. The first kappa shape index (κ1) is 16.2. The fraction of sp³-hybridized carbons (Fsp3) is 0.250. The zero-order valence-electron chi connectivity index (χ0n) is 12.9. The minimum Gasteiger partial charge on any atom is -0.342 e. The number of amides is 2. The number of halogens is 1. The van der Waals surface area contributed by atoms with Crippen molar-refractivity contribution in [3.8, 4) is 0 Å². The third kappa shape index (κ3) is 3.80. The summed E-state index contributed by atoms with van der Waals surface area (Å²) in [4.78, 5) is 35.1. The maximum atomic E-state index is 12.2. The molecule has 3 rings (SSSR count). The summed E-state index contributed by atoms with van der Waals surface area (Å²) in [6, 6.07) is 6.86. The fourth-order valence-electron chi connectivity index (χ4n) is 2.37. The zero-order chi connectivity index (χ0) is 16.9. The number of benzene rings is 1. The van der Waals surface area contributed by atoms with Gasteiger partial charge in [-0.3, -0.25) is 9.59 Å². The molecule has 2 heterocycles. The van der Waals surface area contributed by atoms with Crippen LogP contribution in [0.3, 0.4) is 0 Å². The standard InChI is InChI=1S/C16H16ClN5O2/c17-13-1-3-14(4-2-13)20-15(24)12-9-18-16(19-10-12)22-7-5-21(11-23)6-8-22/h1-4,9-11H,5-8H2,(H,20,24). The molecule has 1 fully saturated rings. The van der Waals surface area contributed by atoms with Crippen molar-refractivity contribution in [1.29, 1.82) is 0 Å². The van der Waals surface area contributed by atoms with Crippen LogP contribution in [0.25, 0.3) is 0 Å². The van der Waals surface area contributed by atoms with Crippen LogP contribution in [-0.4, -0.2) is 53.4 Å². The molecule has 0 atom stereocenters. The first-order valence-corrected chi connectivity index (χ1v) is 7.87. The van der Waals surface area contributed by atoms with E-state index in [1.54, 1.807) is 29.2 Å². The number of carbonyl (C=O) groups is 2. The van der Waals surface area contributed by atoms with Gasteiger partial charge in [0.2, 0.25) is 12.4 Å². The van der Waals surface area contributed by atoms with E-state index < -0.39 is 0 Å². The van der Waals surface area contributed by atoms with Crippen LogP contribution < -0.4 is 10.2 Å². The van der Waals surface area contributed by atoms with Gasteiger partial charge in [0, 0.05) is 49.3 Å². The summed E-state index contributed by atoms with van der Waals surface area (Å²) in [5.74, 6) is 0.276. The number of nitrogens with zero attached hydrogens (tertiary/aromatic N) is 4. The Hall–Kier alpha value is -2.67. The fourth-order valence-corrected chi connectivity index (χ4v) is 2.49. The van der Waals surface area contributed by atoms with Crippen LogP contribution in [-0.2, 0) is 4.79 Å². The second-order valence-electron chi connectivity index (χ2n) is 5.36. The van der Waals surface area contributed by atoms with E-state index in [2.05, 4.69) is 15.3 Å². The van der Waals surface area contributed by atoms with Gasteiger partial charge in [0.15, 0.2) is 0 Å². The molecule has 1 aromatic heterocycles. The number of carbonyl (C=O) groups excluding carboxylic acids is 2. The lowest BCUT2D eigenvalue weighted by Gasteiger charge is -2.32. The average molecular weight is 346 g/mol. The molecule has 2 amide bonds. The van der Waals surface area contributed by atoms with Gasteiger partial charge in [-0.15, -0.1) is 0 Å². The third-order valence-electron chi connectivity index (χ3n) is 3.75. The summed E-state index contributed by atoms with van der Waals surface area (Å²) in [7, 11) is 0. The van der Waals surface area contributed by atoms with E-state index in [1.807, 2.05) is 4.90 Å². The number of hydrogen-bond acceptors (Lipinski definition) is 5. The van der Waals surface area contributed by atoms with E-state index in [1.165, 1.54) is 12.4 Å². The van der Waals surface area contributed by atoms with Crippen LogP contribution in [0.1, 0.15) is 10.4 Å². The van der Waals surface area contributed by atoms with E-state index in [0.717, 1.165) is 6.41 Å². The summed E-state index contributed by atoms with van der Waals surface area (Å²) in [5.41, 5.74) is 1.03. The second kappa shape index (κ2) is 7.27. The van der Waals surface area contributed by atoms with Crippen molar-refractivity contribution in [1.82, 2.24) is 14.9 Å². The number of nitrogens with one attached hydrogen (secondary N) is 1. The smallest absolute Gasteiger partial charge is 0.258 e. The number of aromatic nitrogens is 2. The van der Waals surface area contributed by atoms with Crippen molar-refractivity contribution >= 4 is 35.6 Å². The largest absolute Gasteiger partial charge is 0.342 e. The lowest BCUT2D eigenvalue weighted by atomic mass is 10.3. The summed E-state index contributed by atoms with van der Waals surface area (Å²) in [6.45, 7) is 2.64. The molecule has 24 heavy (non-hydrogen) atoms. The molecular weight excluding hydrogens is 330 g/mol. The number of hydrogen-bond donors (Lipinski definition) is 1. The summed E-state index contributed by atoms with van der Waals surface area (Å²) < 4.78 is 0. The number of anilines is 2. The van der Waals surface area contributed by atoms with E-state index in [-0.39, 0.29) is 5.91 Å². The first-order valence-electron chi connectivity index (χ1n) is 7.49. The molecule has 1 aliphatic heterocycles. The summed E-state index contributed by atoms with van der Waals surface area (Å²) in [6.07, 6.45) is 3.85. The van der Waals surface area contributed by atoms with E-state index in [9.17, 15) is 9.59 Å². The van der Waals surface area contributed by atoms with Gasteiger partial charge in [-0.25, -0.2) is 9.97 Å². The SMILES string of the molecule is O=CN1CCN(c2ncc(C(=O)Nc3ccc(Cl)cc3)cn2)CC1. The molecule has 0 radical (unpaired) electrons. The lowest BCUT2D eigenvalue weighted by Crippen LogP contribution is -2.46. The maximum absolute atomic E-state index is 12.2. The van der Waals surface area contributed by atoms with Crippen LogP contribution >= 0.6 is 11.6 Å². The molecular formula is C16H16ClN5O2. The molecule has 7 nitrogen and oxygen atoms in total. The Kier molecular flexibility index (Phi) is 4.90. The van der Waals surface area contributed by atoms with E-state index in [0.29, 0.717) is 48.4 Å². The molecule has 8 heteroatoms. The van der Waals surface area contributed by atoms with Crippen LogP contribution in [0.2, 0.25) is 5.02 Å². The van der Waals surface area contributed by atoms with Crippen molar-refractivity contribution in [3.05, 3.63) is 47.2 Å². The highest BCUT2D eigenvalue weighted by molar-refractivity contribution is 6.30. The van der Waals surface area contributed by atoms with E-state index >= 15 is 0 Å². The molecule has 0 aliphatic carbocycles. The zero-order valence-corrected chi connectivity index (χ0v) is 13.6. The van der Waals surface area contributed by atoms with Crippen LogP contribution in [0.15, 0.2) is 36.7 Å². The van der Waals surface area contributed by atoms with Crippen LogP contribution in [0.5, 0.6) is 0 Å². The molecule has 2 aromatic rings.